The highest BCUT2D eigenvalue weighted by Gasteiger charge is 2.24. The Kier molecular flexibility index (Phi) is 3.53. The van der Waals surface area contributed by atoms with E-state index >= 15 is 0 Å². The number of pyridine rings is 1. The Labute approximate surface area is 134 Å². The van der Waals surface area contributed by atoms with Crippen LogP contribution in [0.3, 0.4) is 0 Å². The molecule has 1 atom stereocenters. The number of anilines is 2. The maximum atomic E-state index is 4.36. The zero-order valence-electron chi connectivity index (χ0n) is 13.1. The third kappa shape index (κ3) is 2.81. The molecule has 0 aliphatic carbocycles. The Hall–Kier alpha value is -2.70. The molecule has 0 spiro atoms. The molecule has 1 unspecified atom stereocenters. The summed E-state index contributed by atoms with van der Waals surface area (Å²) in [6.07, 6.45) is 8.35. The summed E-state index contributed by atoms with van der Waals surface area (Å²) in [4.78, 5) is 11.0. The van der Waals surface area contributed by atoms with Crippen LogP contribution in [0, 0.1) is 12.8 Å². The molecule has 0 bridgehead atoms. The molecule has 23 heavy (non-hydrogen) atoms. The van der Waals surface area contributed by atoms with Crippen molar-refractivity contribution in [3.05, 3.63) is 42.6 Å². The van der Waals surface area contributed by atoms with Gasteiger partial charge in [-0.1, -0.05) is 0 Å². The van der Waals surface area contributed by atoms with E-state index in [1.54, 1.807) is 12.5 Å². The standard InChI is InChI=1S/C16H19N7/c1-12-2-4-18-14(6-12)19-7-13-3-5-22(10-13)16-9-17-8-15-21-20-11-23(15)16/h2,4,6,8-9,11,13H,3,5,7,10H2,1H3,(H,18,19). The predicted molar refractivity (Wildman–Crippen MR) is 88.6 cm³/mol. The van der Waals surface area contributed by atoms with Crippen LogP contribution in [0.4, 0.5) is 11.6 Å². The van der Waals surface area contributed by atoms with Crippen molar-refractivity contribution < 1.29 is 0 Å². The molecule has 1 aliphatic heterocycles. The minimum absolute atomic E-state index is 0.587. The molecule has 3 aromatic rings. The van der Waals surface area contributed by atoms with Gasteiger partial charge in [0, 0.05) is 25.8 Å². The van der Waals surface area contributed by atoms with E-state index in [1.807, 2.05) is 22.9 Å². The van der Waals surface area contributed by atoms with Crippen LogP contribution in [0.5, 0.6) is 0 Å². The van der Waals surface area contributed by atoms with Gasteiger partial charge in [-0.05, 0) is 37.0 Å². The van der Waals surface area contributed by atoms with Gasteiger partial charge in [0.05, 0.1) is 12.4 Å². The Morgan fingerprint density at radius 2 is 2.30 bits per heavy atom. The number of rotatable bonds is 4. The zero-order chi connectivity index (χ0) is 15.6. The summed E-state index contributed by atoms with van der Waals surface area (Å²) < 4.78 is 1.99. The lowest BCUT2D eigenvalue weighted by Gasteiger charge is -2.19. The maximum Gasteiger partial charge on any atom is 0.180 e. The van der Waals surface area contributed by atoms with Crippen molar-refractivity contribution in [3.63, 3.8) is 0 Å². The minimum Gasteiger partial charge on any atom is -0.370 e. The largest absolute Gasteiger partial charge is 0.370 e. The van der Waals surface area contributed by atoms with Crippen molar-refractivity contribution in [2.75, 3.05) is 29.9 Å². The number of hydrogen-bond acceptors (Lipinski definition) is 6. The summed E-state index contributed by atoms with van der Waals surface area (Å²) in [6, 6.07) is 4.09. The van der Waals surface area contributed by atoms with Crippen molar-refractivity contribution in [1.29, 1.82) is 0 Å². The van der Waals surface area contributed by atoms with Crippen LogP contribution in [-0.4, -0.2) is 44.2 Å². The average molecular weight is 309 g/mol. The van der Waals surface area contributed by atoms with Gasteiger partial charge in [-0.25, -0.2) is 4.98 Å². The van der Waals surface area contributed by atoms with Crippen LogP contribution in [0.15, 0.2) is 37.1 Å². The predicted octanol–water partition coefficient (Wildman–Crippen LogP) is 1.77. The van der Waals surface area contributed by atoms with Crippen molar-refractivity contribution in [1.82, 2.24) is 24.6 Å². The monoisotopic (exact) mass is 309 g/mol. The first-order chi connectivity index (χ1) is 11.3. The van der Waals surface area contributed by atoms with E-state index in [2.05, 4.69) is 43.4 Å². The van der Waals surface area contributed by atoms with Gasteiger partial charge >= 0.3 is 0 Å². The fourth-order valence-electron chi connectivity index (χ4n) is 3.06. The molecule has 1 saturated heterocycles. The number of nitrogens with one attached hydrogen (secondary N) is 1. The van der Waals surface area contributed by atoms with E-state index in [1.165, 1.54) is 5.56 Å². The van der Waals surface area contributed by atoms with Crippen LogP contribution >= 0.6 is 0 Å². The van der Waals surface area contributed by atoms with Gasteiger partial charge in [-0.15, -0.1) is 10.2 Å². The summed E-state index contributed by atoms with van der Waals surface area (Å²) in [5.74, 6) is 2.60. The molecule has 4 rings (SSSR count). The molecule has 0 amide bonds. The summed E-state index contributed by atoms with van der Waals surface area (Å²) >= 11 is 0. The highest BCUT2D eigenvalue weighted by molar-refractivity contribution is 5.48. The van der Waals surface area contributed by atoms with E-state index in [-0.39, 0.29) is 0 Å². The molecule has 118 valence electrons. The van der Waals surface area contributed by atoms with Crippen molar-refractivity contribution in [2.45, 2.75) is 13.3 Å². The van der Waals surface area contributed by atoms with Crippen LogP contribution in [0.2, 0.25) is 0 Å². The molecule has 4 heterocycles. The smallest absolute Gasteiger partial charge is 0.180 e. The van der Waals surface area contributed by atoms with Gasteiger partial charge < -0.3 is 10.2 Å². The van der Waals surface area contributed by atoms with Crippen molar-refractivity contribution in [2.24, 2.45) is 5.92 Å². The molecule has 7 nitrogen and oxygen atoms in total. The number of nitrogens with zero attached hydrogens (tertiary/aromatic N) is 6. The van der Waals surface area contributed by atoms with Gasteiger partial charge in [0.25, 0.3) is 0 Å². The number of aryl methyl sites for hydroxylation is 1. The molecule has 0 radical (unpaired) electrons. The highest BCUT2D eigenvalue weighted by Crippen LogP contribution is 2.23. The minimum atomic E-state index is 0.587. The average Bonchev–Trinajstić information content (AvgIpc) is 3.22. The molecule has 3 aromatic heterocycles. The number of hydrogen-bond donors (Lipinski definition) is 1. The van der Waals surface area contributed by atoms with Crippen molar-refractivity contribution >= 4 is 17.3 Å². The Morgan fingerprint density at radius 1 is 1.35 bits per heavy atom. The Balaban J connectivity index is 1.42. The SMILES string of the molecule is Cc1ccnc(NCC2CCN(c3cncc4nncn34)C2)c1. The molecule has 0 aromatic carbocycles. The van der Waals surface area contributed by atoms with E-state index in [0.29, 0.717) is 5.92 Å². The molecule has 1 N–H and O–H groups in total. The second-order valence-corrected chi connectivity index (χ2v) is 6.02. The first-order valence-electron chi connectivity index (χ1n) is 7.85. The lowest BCUT2D eigenvalue weighted by molar-refractivity contribution is 0.620. The van der Waals surface area contributed by atoms with Crippen LogP contribution < -0.4 is 10.2 Å². The van der Waals surface area contributed by atoms with E-state index in [4.69, 9.17) is 0 Å². The van der Waals surface area contributed by atoms with Crippen LogP contribution in [0.1, 0.15) is 12.0 Å². The highest BCUT2D eigenvalue weighted by atomic mass is 15.3. The van der Waals surface area contributed by atoms with Crippen LogP contribution in [0.25, 0.3) is 5.65 Å². The normalized spacial score (nSPS) is 17.8. The quantitative estimate of drug-likeness (QED) is 0.792. The fraction of sp³-hybridized carbons (Fsp3) is 0.375. The topological polar surface area (TPSA) is 71.2 Å². The van der Waals surface area contributed by atoms with Crippen LogP contribution in [-0.2, 0) is 0 Å². The molecule has 7 heteroatoms. The van der Waals surface area contributed by atoms with E-state index in [0.717, 1.165) is 43.3 Å². The number of fused-ring (bicyclic) bond motifs is 1. The van der Waals surface area contributed by atoms with Gasteiger partial charge in [0.1, 0.15) is 18.0 Å². The van der Waals surface area contributed by atoms with Crippen molar-refractivity contribution in [3.8, 4) is 0 Å². The Morgan fingerprint density at radius 3 is 3.22 bits per heavy atom. The molecular formula is C16H19N7. The van der Waals surface area contributed by atoms with Gasteiger partial charge in [-0.3, -0.25) is 9.38 Å². The Bertz CT molecular complexity index is 813. The third-order valence-electron chi connectivity index (χ3n) is 4.30. The second-order valence-electron chi connectivity index (χ2n) is 6.02. The third-order valence-corrected chi connectivity index (χ3v) is 4.30. The first-order valence-corrected chi connectivity index (χ1v) is 7.85. The summed E-state index contributed by atoms with van der Waals surface area (Å²) in [5.41, 5.74) is 2.01. The molecule has 1 aliphatic rings. The van der Waals surface area contributed by atoms with Gasteiger partial charge in [0.2, 0.25) is 0 Å². The second kappa shape index (κ2) is 5.83. The number of aromatic nitrogens is 5. The fourth-order valence-corrected chi connectivity index (χ4v) is 3.06. The summed E-state index contributed by atoms with van der Waals surface area (Å²) in [5, 5.41) is 11.5. The lowest BCUT2D eigenvalue weighted by Crippen LogP contribution is -2.24. The molecule has 1 fully saturated rings. The summed E-state index contributed by atoms with van der Waals surface area (Å²) in [7, 11) is 0. The molecule has 0 saturated carbocycles. The molecular weight excluding hydrogens is 290 g/mol. The maximum absolute atomic E-state index is 4.36. The first kappa shape index (κ1) is 13.9. The lowest BCUT2D eigenvalue weighted by atomic mass is 10.1. The van der Waals surface area contributed by atoms with E-state index in [9.17, 15) is 0 Å². The summed E-state index contributed by atoms with van der Waals surface area (Å²) in [6.45, 7) is 5.03. The van der Waals surface area contributed by atoms with Gasteiger partial charge in [-0.2, -0.15) is 0 Å². The van der Waals surface area contributed by atoms with Gasteiger partial charge in [0.15, 0.2) is 5.65 Å². The zero-order valence-corrected chi connectivity index (χ0v) is 13.1. The van der Waals surface area contributed by atoms with E-state index < -0.39 is 0 Å².